The third kappa shape index (κ3) is 3.71. The van der Waals surface area contributed by atoms with E-state index in [9.17, 15) is 9.59 Å². The second-order valence-electron chi connectivity index (χ2n) is 7.24. The molecule has 4 rings (SSSR count). The summed E-state index contributed by atoms with van der Waals surface area (Å²) >= 11 is 0. The number of carbonyl (C=O) groups excluding carboxylic acids is 2. The van der Waals surface area contributed by atoms with Gasteiger partial charge in [0.2, 0.25) is 0 Å². The van der Waals surface area contributed by atoms with Crippen LogP contribution in [-0.2, 0) is 9.53 Å². The fourth-order valence-corrected chi connectivity index (χ4v) is 3.93. The summed E-state index contributed by atoms with van der Waals surface area (Å²) in [5, 5.41) is 2.85. The van der Waals surface area contributed by atoms with Gasteiger partial charge in [-0.2, -0.15) is 0 Å². The predicted octanol–water partition coefficient (Wildman–Crippen LogP) is 2.65. The van der Waals surface area contributed by atoms with E-state index in [0.717, 1.165) is 17.5 Å². The minimum atomic E-state index is -0.478. The molecule has 27 heavy (non-hydrogen) atoms. The van der Waals surface area contributed by atoms with E-state index in [1.165, 1.54) is 0 Å². The SMILES string of the molecule is Cc1ccccc1C(=O)N1CC[C@H]2C[C@@H](C(=O)Nc3cccnc3)O[C@H]2C1. The van der Waals surface area contributed by atoms with Crippen molar-refractivity contribution in [3.63, 3.8) is 0 Å². The van der Waals surface area contributed by atoms with E-state index in [4.69, 9.17) is 4.74 Å². The van der Waals surface area contributed by atoms with Gasteiger partial charge in [-0.15, -0.1) is 0 Å². The Hall–Kier alpha value is -2.73. The molecule has 3 heterocycles. The summed E-state index contributed by atoms with van der Waals surface area (Å²) in [5.41, 5.74) is 2.38. The number of ether oxygens (including phenoxy) is 1. The van der Waals surface area contributed by atoms with Crippen molar-refractivity contribution < 1.29 is 14.3 Å². The van der Waals surface area contributed by atoms with Crippen LogP contribution in [0, 0.1) is 12.8 Å². The van der Waals surface area contributed by atoms with Gasteiger partial charge in [-0.3, -0.25) is 14.6 Å². The normalized spacial score (nSPS) is 24.3. The molecule has 0 radical (unpaired) electrons. The van der Waals surface area contributed by atoms with Gasteiger partial charge in [0.15, 0.2) is 0 Å². The first-order valence-electron chi connectivity index (χ1n) is 9.33. The summed E-state index contributed by atoms with van der Waals surface area (Å²) < 4.78 is 6.02. The highest BCUT2D eigenvalue weighted by Gasteiger charge is 2.43. The zero-order chi connectivity index (χ0) is 18.8. The number of hydrogen-bond acceptors (Lipinski definition) is 4. The van der Waals surface area contributed by atoms with Crippen molar-refractivity contribution in [2.45, 2.75) is 32.0 Å². The molecule has 0 aliphatic carbocycles. The van der Waals surface area contributed by atoms with E-state index in [2.05, 4.69) is 10.3 Å². The fraction of sp³-hybridized carbons (Fsp3) is 0.381. The number of benzene rings is 1. The third-order valence-electron chi connectivity index (χ3n) is 5.44. The molecule has 2 fully saturated rings. The van der Waals surface area contributed by atoms with Crippen LogP contribution in [0.2, 0.25) is 0 Å². The number of piperidine rings is 1. The van der Waals surface area contributed by atoms with Crippen LogP contribution in [-0.4, -0.2) is 47.0 Å². The lowest BCUT2D eigenvalue weighted by molar-refractivity contribution is -0.127. The first-order valence-corrected chi connectivity index (χ1v) is 9.33. The average Bonchev–Trinajstić information content (AvgIpc) is 3.12. The van der Waals surface area contributed by atoms with E-state index in [0.29, 0.717) is 31.1 Å². The third-order valence-corrected chi connectivity index (χ3v) is 5.44. The second kappa shape index (κ2) is 7.48. The van der Waals surface area contributed by atoms with Crippen molar-refractivity contribution in [2.24, 2.45) is 5.92 Å². The maximum Gasteiger partial charge on any atom is 0.254 e. The zero-order valence-corrected chi connectivity index (χ0v) is 15.3. The van der Waals surface area contributed by atoms with Crippen molar-refractivity contribution in [2.75, 3.05) is 18.4 Å². The number of amides is 2. The molecule has 2 saturated heterocycles. The van der Waals surface area contributed by atoms with Gasteiger partial charge in [-0.1, -0.05) is 18.2 Å². The smallest absolute Gasteiger partial charge is 0.254 e. The van der Waals surface area contributed by atoms with Crippen LogP contribution >= 0.6 is 0 Å². The van der Waals surface area contributed by atoms with Gasteiger partial charge >= 0.3 is 0 Å². The first kappa shape index (κ1) is 17.7. The van der Waals surface area contributed by atoms with Crippen LogP contribution < -0.4 is 5.32 Å². The Balaban J connectivity index is 1.39. The van der Waals surface area contributed by atoms with Gasteiger partial charge in [0.1, 0.15) is 6.10 Å². The van der Waals surface area contributed by atoms with Crippen molar-refractivity contribution in [1.82, 2.24) is 9.88 Å². The molecule has 2 aliphatic rings. The molecule has 1 N–H and O–H groups in total. The van der Waals surface area contributed by atoms with Gasteiger partial charge in [-0.25, -0.2) is 0 Å². The molecule has 0 spiro atoms. The lowest BCUT2D eigenvalue weighted by atomic mass is 9.91. The Labute approximate surface area is 158 Å². The van der Waals surface area contributed by atoms with Crippen LogP contribution in [0.1, 0.15) is 28.8 Å². The number of likely N-dealkylation sites (tertiary alicyclic amines) is 1. The van der Waals surface area contributed by atoms with Crippen molar-refractivity contribution in [3.8, 4) is 0 Å². The molecular formula is C21H23N3O3. The number of rotatable bonds is 3. The Morgan fingerprint density at radius 1 is 1.22 bits per heavy atom. The predicted molar refractivity (Wildman–Crippen MR) is 101 cm³/mol. The number of nitrogens with one attached hydrogen (secondary N) is 1. The van der Waals surface area contributed by atoms with Gasteiger partial charge in [0.25, 0.3) is 11.8 Å². The van der Waals surface area contributed by atoms with Crippen molar-refractivity contribution >= 4 is 17.5 Å². The number of aryl methyl sites for hydroxylation is 1. The molecule has 2 amide bonds. The molecule has 2 aliphatic heterocycles. The molecular weight excluding hydrogens is 342 g/mol. The zero-order valence-electron chi connectivity index (χ0n) is 15.3. The van der Waals surface area contributed by atoms with Crippen LogP contribution in [0.25, 0.3) is 0 Å². The number of carbonyl (C=O) groups is 2. The van der Waals surface area contributed by atoms with Gasteiger partial charge in [0.05, 0.1) is 18.0 Å². The lowest BCUT2D eigenvalue weighted by Gasteiger charge is -2.34. The van der Waals surface area contributed by atoms with Crippen LogP contribution in [0.3, 0.4) is 0 Å². The monoisotopic (exact) mass is 365 g/mol. The molecule has 2 aromatic rings. The van der Waals surface area contributed by atoms with E-state index >= 15 is 0 Å². The number of aromatic nitrogens is 1. The van der Waals surface area contributed by atoms with Crippen molar-refractivity contribution in [3.05, 3.63) is 59.9 Å². The van der Waals surface area contributed by atoms with Gasteiger partial charge < -0.3 is 15.0 Å². The quantitative estimate of drug-likeness (QED) is 0.908. The van der Waals surface area contributed by atoms with E-state index in [1.54, 1.807) is 24.5 Å². The minimum absolute atomic E-state index is 0.0402. The molecule has 1 aromatic carbocycles. The number of nitrogens with zero attached hydrogens (tertiary/aromatic N) is 2. The maximum absolute atomic E-state index is 12.8. The summed E-state index contributed by atoms with van der Waals surface area (Å²) in [6.07, 6.45) is 4.27. The summed E-state index contributed by atoms with van der Waals surface area (Å²) in [4.78, 5) is 31.2. The maximum atomic E-state index is 12.8. The number of pyridine rings is 1. The highest BCUT2D eigenvalue weighted by molar-refractivity contribution is 5.96. The Morgan fingerprint density at radius 3 is 2.85 bits per heavy atom. The average molecular weight is 365 g/mol. The molecule has 0 saturated carbocycles. The largest absolute Gasteiger partial charge is 0.363 e. The van der Waals surface area contributed by atoms with E-state index < -0.39 is 6.10 Å². The minimum Gasteiger partial charge on any atom is -0.363 e. The number of anilines is 1. The summed E-state index contributed by atoms with van der Waals surface area (Å²) in [6, 6.07) is 11.2. The fourth-order valence-electron chi connectivity index (χ4n) is 3.93. The first-order chi connectivity index (χ1) is 13.1. The highest BCUT2D eigenvalue weighted by Crippen LogP contribution is 2.34. The van der Waals surface area contributed by atoms with Crippen LogP contribution in [0.5, 0.6) is 0 Å². The lowest BCUT2D eigenvalue weighted by Crippen LogP contribution is -2.45. The Morgan fingerprint density at radius 2 is 2.07 bits per heavy atom. The Bertz CT molecular complexity index is 840. The van der Waals surface area contributed by atoms with Gasteiger partial charge in [-0.05, 0) is 49.4 Å². The molecule has 140 valence electrons. The van der Waals surface area contributed by atoms with E-state index in [-0.39, 0.29) is 17.9 Å². The molecule has 0 unspecified atom stereocenters. The molecule has 1 aromatic heterocycles. The van der Waals surface area contributed by atoms with Gasteiger partial charge in [0, 0.05) is 24.8 Å². The summed E-state index contributed by atoms with van der Waals surface area (Å²) in [7, 11) is 0. The highest BCUT2D eigenvalue weighted by atomic mass is 16.5. The standard InChI is InChI=1S/C21H23N3O3/c1-14-5-2-3-7-17(14)21(26)24-10-8-15-11-18(27-19(15)13-24)20(25)23-16-6-4-9-22-12-16/h2-7,9,12,15,18-19H,8,10-11,13H2,1H3,(H,23,25)/t15-,18-,19-/m0/s1. The summed E-state index contributed by atoms with van der Waals surface area (Å²) in [5.74, 6) is 0.211. The molecule has 0 bridgehead atoms. The molecule has 6 nitrogen and oxygen atoms in total. The molecule has 6 heteroatoms. The number of fused-ring (bicyclic) bond motifs is 1. The van der Waals surface area contributed by atoms with Crippen LogP contribution in [0.15, 0.2) is 48.8 Å². The van der Waals surface area contributed by atoms with E-state index in [1.807, 2.05) is 36.1 Å². The molecule has 3 atom stereocenters. The second-order valence-corrected chi connectivity index (χ2v) is 7.24. The topological polar surface area (TPSA) is 71.5 Å². The Kier molecular flexibility index (Phi) is 4.90. The van der Waals surface area contributed by atoms with Crippen LogP contribution in [0.4, 0.5) is 5.69 Å². The summed E-state index contributed by atoms with van der Waals surface area (Å²) in [6.45, 7) is 3.19. The number of hydrogen-bond donors (Lipinski definition) is 1. The van der Waals surface area contributed by atoms with Crippen molar-refractivity contribution in [1.29, 1.82) is 0 Å².